The van der Waals surface area contributed by atoms with Crippen molar-refractivity contribution in [2.24, 2.45) is 5.92 Å². The topological polar surface area (TPSA) is 0 Å². The predicted molar refractivity (Wildman–Crippen MR) is 191 cm³/mol. The van der Waals surface area contributed by atoms with Gasteiger partial charge >= 0.3 is 59.5 Å². The van der Waals surface area contributed by atoms with Crippen LogP contribution in [-0.2, 0) is 41.5 Å². The van der Waals surface area contributed by atoms with Gasteiger partial charge in [-0.25, -0.2) is 11.1 Å². The number of halogens is 2. The van der Waals surface area contributed by atoms with Crippen molar-refractivity contribution in [1.29, 1.82) is 0 Å². The molecule has 0 aromatic heterocycles. The maximum atomic E-state index is 3.65. The van der Waals surface area contributed by atoms with Gasteiger partial charge in [0.15, 0.2) is 0 Å². The normalized spacial score (nSPS) is 20.2. The van der Waals surface area contributed by atoms with Gasteiger partial charge in [-0.3, -0.25) is 12.2 Å². The molecule has 1 unspecified atom stereocenters. The quantitative estimate of drug-likeness (QED) is 0.224. The van der Waals surface area contributed by atoms with E-state index in [1.165, 1.54) is 104 Å². The van der Waals surface area contributed by atoms with Crippen LogP contribution in [0.15, 0.2) is 72.3 Å². The molecule has 1 atom stereocenters. The zero-order valence-corrected chi connectivity index (χ0v) is 33.4. The monoisotopic (exact) mass is 736 g/mol. The predicted octanol–water partition coefficient (Wildman–Crippen LogP) is 5.60. The van der Waals surface area contributed by atoms with Gasteiger partial charge in [-0.05, 0) is 58.4 Å². The molecule has 0 N–H and O–H groups in total. The molecule has 0 aliphatic heterocycles. The van der Waals surface area contributed by atoms with Gasteiger partial charge in [-0.15, -0.1) is 17.2 Å². The van der Waals surface area contributed by atoms with Crippen LogP contribution >= 0.6 is 0 Å². The molecule has 1 saturated carbocycles. The van der Waals surface area contributed by atoms with Crippen LogP contribution < -0.4 is 24.8 Å². The number of rotatable bonds is 1. The number of allylic oxidation sites excluding steroid dienone is 8. The third-order valence-electron chi connectivity index (χ3n) is 10.2. The molecule has 5 aliphatic carbocycles. The van der Waals surface area contributed by atoms with Gasteiger partial charge in [-0.2, -0.15) is 17.2 Å². The summed E-state index contributed by atoms with van der Waals surface area (Å²) in [6.45, 7) is 18.0. The minimum atomic E-state index is 0. The van der Waals surface area contributed by atoms with Gasteiger partial charge in [0.25, 0.3) is 0 Å². The van der Waals surface area contributed by atoms with Crippen LogP contribution in [-0.4, -0.2) is 3.21 Å². The average Bonchev–Trinajstić information content (AvgIpc) is 3.66. The van der Waals surface area contributed by atoms with E-state index in [0.717, 1.165) is 6.42 Å². The number of benzene rings is 3. The first-order chi connectivity index (χ1) is 21.3. The fraction of sp³-hybridized carbons (Fsp3) is 0.386. The summed E-state index contributed by atoms with van der Waals surface area (Å²) in [5.74, 6) is 0.468. The summed E-state index contributed by atoms with van der Waals surface area (Å²) in [7, 11) is 0. The van der Waals surface area contributed by atoms with E-state index in [-0.39, 0.29) is 35.6 Å². The molecule has 244 valence electrons. The molecule has 8 rings (SSSR count). The Balaban J connectivity index is 0.000000190. The first-order valence-corrected chi connectivity index (χ1v) is 18.2. The Kier molecular flexibility index (Phi) is 11.9. The molecule has 47 heavy (non-hydrogen) atoms. The Hall–Kier alpha value is -2.05. The van der Waals surface area contributed by atoms with Crippen molar-refractivity contribution in [3.63, 3.8) is 0 Å². The van der Waals surface area contributed by atoms with Crippen LogP contribution in [0.4, 0.5) is 0 Å². The van der Waals surface area contributed by atoms with Crippen molar-refractivity contribution in [2.75, 3.05) is 0 Å². The van der Waals surface area contributed by atoms with Crippen LogP contribution in [0, 0.1) is 18.1 Å². The molecular formula is C44H48Cl2Zr-2. The van der Waals surface area contributed by atoms with E-state index in [4.69, 9.17) is 0 Å². The third kappa shape index (κ3) is 7.74. The molecule has 3 heteroatoms. The SMILES string of the molecule is CC1=[C-]C(C)(C)c2cc3c(cc21)-c1cc2c(cc1C3)C(C)(C)C=C2C.CC1=[C-]C(C)C=C1c1ccccc1.[Cl-].[Cl-].[Zr+2]=[C]1CCCCC1. The molecule has 3 aromatic rings. The van der Waals surface area contributed by atoms with E-state index in [0.29, 0.717) is 5.92 Å². The first kappa shape index (κ1) is 37.8. The maximum absolute atomic E-state index is 3.65. The Bertz CT molecular complexity index is 1700. The van der Waals surface area contributed by atoms with Gasteiger partial charge in [0.05, 0.1) is 0 Å². The van der Waals surface area contributed by atoms with Gasteiger partial charge in [0, 0.05) is 5.41 Å². The molecule has 1 fully saturated rings. The zero-order chi connectivity index (χ0) is 32.1. The van der Waals surface area contributed by atoms with Crippen molar-refractivity contribution in [1.82, 2.24) is 0 Å². The summed E-state index contributed by atoms with van der Waals surface area (Å²) < 4.78 is 1.80. The van der Waals surface area contributed by atoms with Gasteiger partial charge in [0.2, 0.25) is 0 Å². The van der Waals surface area contributed by atoms with Crippen LogP contribution in [0.5, 0.6) is 0 Å². The third-order valence-corrected chi connectivity index (χ3v) is 11.5. The second-order valence-corrected chi connectivity index (χ2v) is 16.6. The molecule has 0 saturated heterocycles. The fourth-order valence-electron chi connectivity index (χ4n) is 8.02. The van der Waals surface area contributed by atoms with E-state index in [1.54, 1.807) is 27.4 Å². The van der Waals surface area contributed by atoms with E-state index < -0.39 is 0 Å². The molecule has 0 bridgehead atoms. The summed E-state index contributed by atoms with van der Waals surface area (Å²) in [5, 5.41) is 0. The van der Waals surface area contributed by atoms with Crippen molar-refractivity contribution in [3.05, 3.63) is 123 Å². The summed E-state index contributed by atoms with van der Waals surface area (Å²) >= 11 is 1.69. The summed E-state index contributed by atoms with van der Waals surface area (Å²) in [4.78, 5) is 0. The zero-order valence-electron chi connectivity index (χ0n) is 29.4. The fourth-order valence-corrected chi connectivity index (χ4v) is 8.89. The van der Waals surface area contributed by atoms with Crippen LogP contribution in [0.1, 0.15) is 126 Å². The van der Waals surface area contributed by atoms with Crippen molar-refractivity contribution in [2.45, 2.75) is 105 Å². The first-order valence-electron chi connectivity index (χ1n) is 16.9. The summed E-state index contributed by atoms with van der Waals surface area (Å²) in [5.41, 5.74) is 18.5. The standard InChI is InChI=1S/C25H25.C13H13.C6H10.2ClH.Zr/c1-14-12-24(3,4)22-8-16-7-17-9-23-19(15(2)13-25(23,5)6)11-21(17)20(16)10-18(14)22;1-10-8-11(2)13(9-10)12-6-4-3-5-7-12;1-2-4-6-5-3-1;;;/h8-12H,7H2,1-6H3;3-7,9-10H,1-2H3;1-5H2;2*1H;/q2*-1;;;;+2/p-2. The van der Waals surface area contributed by atoms with Crippen LogP contribution in [0.25, 0.3) is 27.8 Å². The molecule has 5 aliphatic rings. The van der Waals surface area contributed by atoms with Gasteiger partial charge in [0.1, 0.15) is 0 Å². The Morgan fingerprint density at radius 2 is 1.32 bits per heavy atom. The van der Waals surface area contributed by atoms with Crippen molar-refractivity contribution in [3.8, 4) is 11.1 Å². The molecular weight excluding hydrogens is 691 g/mol. The van der Waals surface area contributed by atoms with E-state index in [2.05, 4.69) is 128 Å². The van der Waals surface area contributed by atoms with Crippen molar-refractivity contribution < 1.29 is 49.0 Å². The van der Waals surface area contributed by atoms with Gasteiger partial charge < -0.3 is 24.8 Å². The Morgan fingerprint density at radius 1 is 0.723 bits per heavy atom. The summed E-state index contributed by atoms with van der Waals surface area (Å²) in [6.07, 6.45) is 20.1. The van der Waals surface area contributed by atoms with E-state index in [1.807, 2.05) is 6.07 Å². The Labute approximate surface area is 312 Å². The minimum absolute atomic E-state index is 0. The number of hydrogen-bond donors (Lipinski definition) is 0. The van der Waals surface area contributed by atoms with Crippen molar-refractivity contribution >= 4 is 19.9 Å². The van der Waals surface area contributed by atoms with Gasteiger partial charge in [-0.1, -0.05) is 108 Å². The average molecular weight is 739 g/mol. The molecule has 0 amide bonds. The second-order valence-electron chi connectivity index (χ2n) is 14.9. The molecule has 0 heterocycles. The molecule has 0 radical (unpaired) electrons. The van der Waals surface area contributed by atoms with Crippen LogP contribution in [0.2, 0.25) is 0 Å². The molecule has 0 nitrogen and oxygen atoms in total. The Morgan fingerprint density at radius 3 is 1.87 bits per heavy atom. The van der Waals surface area contributed by atoms with Crippen LogP contribution in [0.3, 0.4) is 0 Å². The second kappa shape index (κ2) is 14.8. The number of fused-ring (bicyclic) bond motifs is 5. The summed E-state index contributed by atoms with van der Waals surface area (Å²) in [6, 6.07) is 20.3. The number of hydrogen-bond acceptors (Lipinski definition) is 0. The van der Waals surface area contributed by atoms with E-state index >= 15 is 0 Å². The van der Waals surface area contributed by atoms with E-state index in [9.17, 15) is 0 Å². The molecule has 0 spiro atoms. The molecule has 3 aromatic carbocycles.